The minimum absolute atomic E-state index is 0.0707. The number of benzene rings is 1. The Morgan fingerprint density at radius 2 is 1.57 bits per heavy atom. The highest BCUT2D eigenvalue weighted by Crippen LogP contribution is 2.47. The van der Waals surface area contributed by atoms with Crippen LogP contribution in [0.3, 0.4) is 0 Å². The summed E-state index contributed by atoms with van der Waals surface area (Å²) in [5, 5.41) is 0.256. The van der Waals surface area contributed by atoms with Gasteiger partial charge in [-0.05, 0) is 111 Å². The normalized spacial score (nSPS) is 28.7. The van der Waals surface area contributed by atoms with Crippen molar-refractivity contribution in [1.82, 2.24) is 0 Å². The molecule has 2 aliphatic carbocycles. The molecule has 51 heavy (non-hydrogen) atoms. The molecule has 4 rings (SSSR count). The van der Waals surface area contributed by atoms with Gasteiger partial charge in [0.15, 0.2) is 16.6 Å². The molecule has 3 aliphatic rings. The molecule has 0 saturated carbocycles. The van der Waals surface area contributed by atoms with Crippen molar-refractivity contribution in [2.45, 2.75) is 180 Å². The number of esters is 1. The zero-order chi connectivity index (χ0) is 38.0. The smallest absolute Gasteiger partial charge is 0.350 e. The van der Waals surface area contributed by atoms with E-state index in [1.807, 2.05) is 38.1 Å². The molecule has 6 nitrogen and oxygen atoms in total. The predicted molar refractivity (Wildman–Crippen MR) is 215 cm³/mol. The van der Waals surface area contributed by atoms with Crippen LogP contribution in [0.25, 0.3) is 0 Å². The van der Waals surface area contributed by atoms with E-state index in [4.69, 9.17) is 23.1 Å². The third kappa shape index (κ3) is 10.3. The lowest BCUT2D eigenvalue weighted by molar-refractivity contribution is -0.172. The van der Waals surface area contributed by atoms with Gasteiger partial charge in [-0.15, -0.1) is 0 Å². The number of hydrogen-bond donors (Lipinski definition) is 0. The number of allylic oxidation sites excluding steroid dienone is 2. The molecule has 0 radical (unpaired) electrons. The molecule has 1 aromatic rings. The van der Waals surface area contributed by atoms with E-state index in [-0.39, 0.29) is 46.4 Å². The first-order chi connectivity index (χ1) is 23.6. The predicted octanol–water partition coefficient (Wildman–Crippen LogP) is 11.4. The molecule has 1 fully saturated rings. The van der Waals surface area contributed by atoms with Gasteiger partial charge in [0, 0.05) is 25.0 Å². The maximum atomic E-state index is 14.4. The van der Waals surface area contributed by atoms with Crippen molar-refractivity contribution in [2.24, 2.45) is 17.8 Å². The Balaban J connectivity index is 1.60. The summed E-state index contributed by atoms with van der Waals surface area (Å²) in [6.45, 7) is 32.2. The maximum absolute atomic E-state index is 14.4. The van der Waals surface area contributed by atoms with Gasteiger partial charge in [0.05, 0.1) is 12.2 Å². The highest BCUT2D eigenvalue weighted by atomic mass is 28.4. The Morgan fingerprint density at radius 1 is 0.922 bits per heavy atom. The molecule has 8 atom stereocenters. The van der Waals surface area contributed by atoms with Gasteiger partial charge < -0.3 is 23.1 Å². The molecule has 1 heterocycles. The van der Waals surface area contributed by atoms with Crippen LogP contribution in [0.5, 0.6) is 5.75 Å². The van der Waals surface area contributed by atoms with Crippen LogP contribution in [0.4, 0.5) is 0 Å². The summed E-state index contributed by atoms with van der Waals surface area (Å²) in [5.74, 6) is 1.18. The Bertz CT molecular complexity index is 1390. The minimum Gasteiger partial charge on any atom is -0.476 e. The lowest BCUT2D eigenvalue weighted by Gasteiger charge is -2.46. The topological polar surface area (TPSA) is 63.2 Å². The molecule has 1 aliphatic heterocycles. The quantitative estimate of drug-likeness (QED) is 0.148. The molecular weight excluding hydrogens is 669 g/mol. The standard InChI is InChI=1S/C43H72O6Si2/c1-15-25-43(10,47-37-19-17-16-18-31(37)3)40(44)46-38-29-35(49-51(13,14)42(7,8)9)27-32-21-20-30(2)36(39(32)38)23-22-33-28-34(24-26-45-33)48-50(11,12)41(4,5)6/h16-21,27,30,33-36,38-39H,15,22-26,28-29H2,1-14H3/t30-,33+,34+,35+,36-,38-,39-,43?/m0/s1. The molecule has 1 unspecified atom stereocenters. The van der Waals surface area contributed by atoms with Crippen molar-refractivity contribution < 1.29 is 27.9 Å². The molecule has 1 saturated heterocycles. The fourth-order valence-electron chi connectivity index (χ4n) is 7.58. The number of ether oxygens (including phenoxy) is 3. The largest absolute Gasteiger partial charge is 0.476 e. The van der Waals surface area contributed by atoms with Gasteiger partial charge in [-0.2, -0.15) is 0 Å². The van der Waals surface area contributed by atoms with Crippen LogP contribution in [0.1, 0.15) is 113 Å². The number of carbonyl (C=O) groups excluding carboxylic acids is 1. The van der Waals surface area contributed by atoms with Crippen LogP contribution in [0.15, 0.2) is 48.1 Å². The lowest BCUT2D eigenvalue weighted by Crippen LogP contribution is -2.51. The third-order valence-corrected chi connectivity index (χ3v) is 21.9. The second kappa shape index (κ2) is 16.3. The number of hydrogen-bond acceptors (Lipinski definition) is 6. The van der Waals surface area contributed by atoms with E-state index in [9.17, 15) is 4.79 Å². The van der Waals surface area contributed by atoms with E-state index >= 15 is 0 Å². The number of aryl methyl sites for hydroxylation is 1. The first kappa shape index (κ1) is 42.0. The van der Waals surface area contributed by atoms with Gasteiger partial charge in [0.25, 0.3) is 0 Å². The van der Waals surface area contributed by atoms with Gasteiger partial charge in [-0.3, -0.25) is 0 Å². The number of para-hydroxylation sites is 1. The monoisotopic (exact) mass is 740 g/mol. The third-order valence-electron chi connectivity index (χ3n) is 12.9. The van der Waals surface area contributed by atoms with Crippen molar-refractivity contribution in [2.75, 3.05) is 6.61 Å². The lowest BCUT2D eigenvalue weighted by atomic mass is 9.66. The van der Waals surface area contributed by atoms with E-state index in [2.05, 4.69) is 99.8 Å². The highest BCUT2D eigenvalue weighted by molar-refractivity contribution is 6.74. The van der Waals surface area contributed by atoms with E-state index in [1.54, 1.807) is 0 Å². The van der Waals surface area contributed by atoms with Crippen molar-refractivity contribution in [1.29, 1.82) is 0 Å². The summed E-state index contributed by atoms with van der Waals surface area (Å²) in [5.41, 5.74) is 1.15. The van der Waals surface area contributed by atoms with E-state index < -0.39 is 22.2 Å². The van der Waals surface area contributed by atoms with Crippen LogP contribution in [0.2, 0.25) is 36.3 Å². The molecule has 1 aromatic carbocycles. The van der Waals surface area contributed by atoms with E-state index in [1.165, 1.54) is 5.57 Å². The Morgan fingerprint density at radius 3 is 2.20 bits per heavy atom. The molecular formula is C43H72O6Si2. The van der Waals surface area contributed by atoms with Crippen molar-refractivity contribution in [3.8, 4) is 5.75 Å². The van der Waals surface area contributed by atoms with Gasteiger partial charge in [0.2, 0.25) is 5.60 Å². The van der Waals surface area contributed by atoms with Crippen LogP contribution in [0, 0.1) is 24.7 Å². The maximum Gasteiger partial charge on any atom is 0.350 e. The van der Waals surface area contributed by atoms with Crippen LogP contribution < -0.4 is 4.74 Å². The molecule has 8 heteroatoms. The van der Waals surface area contributed by atoms with Crippen LogP contribution in [-0.2, 0) is 23.1 Å². The van der Waals surface area contributed by atoms with Crippen molar-refractivity contribution in [3.63, 3.8) is 0 Å². The van der Waals surface area contributed by atoms with Crippen LogP contribution in [-0.4, -0.2) is 59.2 Å². The summed E-state index contributed by atoms with van der Waals surface area (Å²) in [6, 6.07) is 7.92. The first-order valence-corrected chi connectivity index (χ1v) is 25.7. The van der Waals surface area contributed by atoms with Gasteiger partial charge in [-0.25, -0.2) is 4.79 Å². The summed E-state index contributed by atoms with van der Waals surface area (Å²) in [7, 11) is -3.95. The fourth-order valence-corrected chi connectivity index (χ4v) is 10.3. The van der Waals surface area contributed by atoms with Gasteiger partial charge in [0.1, 0.15) is 11.9 Å². The van der Waals surface area contributed by atoms with Gasteiger partial charge in [-0.1, -0.05) is 98.2 Å². The Kier molecular flexibility index (Phi) is 13.5. The molecule has 288 valence electrons. The number of rotatable bonds is 13. The highest BCUT2D eigenvalue weighted by Gasteiger charge is 2.48. The van der Waals surface area contributed by atoms with E-state index in [0.717, 1.165) is 50.0 Å². The first-order valence-electron chi connectivity index (χ1n) is 19.9. The molecule has 0 aromatic heterocycles. The average molecular weight is 741 g/mol. The fraction of sp³-hybridized carbons (Fsp3) is 0.744. The van der Waals surface area contributed by atoms with Crippen molar-refractivity contribution in [3.05, 3.63) is 53.6 Å². The van der Waals surface area contributed by atoms with Gasteiger partial charge >= 0.3 is 5.97 Å². The second-order valence-corrected chi connectivity index (χ2v) is 28.6. The average Bonchev–Trinajstić information content (AvgIpc) is 3.00. The summed E-state index contributed by atoms with van der Waals surface area (Å²) < 4.78 is 33.6. The second-order valence-electron chi connectivity index (χ2n) is 19.1. The molecule has 0 N–H and O–H groups in total. The molecule has 0 bridgehead atoms. The summed E-state index contributed by atoms with van der Waals surface area (Å²) in [4.78, 5) is 14.4. The summed E-state index contributed by atoms with van der Waals surface area (Å²) >= 11 is 0. The summed E-state index contributed by atoms with van der Waals surface area (Å²) in [6.07, 6.45) is 12.9. The minimum atomic E-state index is -2.09. The van der Waals surface area contributed by atoms with Crippen molar-refractivity contribution >= 4 is 22.6 Å². The number of carbonyl (C=O) groups is 1. The Labute approximate surface area is 313 Å². The zero-order valence-corrected chi connectivity index (χ0v) is 36.7. The zero-order valence-electron chi connectivity index (χ0n) is 34.7. The van der Waals surface area contributed by atoms with Crippen LogP contribution >= 0.6 is 0 Å². The van der Waals surface area contributed by atoms with E-state index in [0.29, 0.717) is 24.7 Å². The molecule has 0 spiro atoms. The number of fused-ring (bicyclic) bond motifs is 1. The molecule has 0 amide bonds. The Hall–Kier alpha value is -1.72. The SMILES string of the molecule is CCCC(C)(Oc1ccccc1C)C(=O)O[C@H]1C[C@H](O[Si](C)(C)C(C)(C)C)C=C2C=C[C@H](C)[C@H](CC[C@@H]3C[C@H](O[Si](C)(C)C(C)(C)C)CCO3)[C@H]21.